The lowest BCUT2D eigenvalue weighted by atomic mass is 10.1. The van der Waals surface area contributed by atoms with Crippen LogP contribution in [-0.2, 0) is 0 Å². The van der Waals surface area contributed by atoms with Crippen LogP contribution in [0.1, 0.15) is 15.9 Å². The maximum absolute atomic E-state index is 12.7. The van der Waals surface area contributed by atoms with Gasteiger partial charge in [0.25, 0.3) is 11.6 Å². The molecule has 6 nitrogen and oxygen atoms in total. The first-order chi connectivity index (χ1) is 14.5. The van der Waals surface area contributed by atoms with Gasteiger partial charge in [0, 0.05) is 39.4 Å². The molecule has 0 unspecified atom stereocenters. The minimum absolute atomic E-state index is 0.0766. The molecule has 4 aromatic rings. The average Bonchev–Trinajstić information content (AvgIpc) is 3.25. The molecule has 0 aliphatic rings. The minimum atomic E-state index is -0.487. The van der Waals surface area contributed by atoms with E-state index < -0.39 is 10.8 Å². The van der Waals surface area contributed by atoms with Crippen LogP contribution < -0.4 is 5.32 Å². The van der Waals surface area contributed by atoms with E-state index in [0.717, 1.165) is 21.8 Å². The van der Waals surface area contributed by atoms with E-state index in [0.29, 0.717) is 11.3 Å². The molecular formula is C23H17N3O3S. The molecular weight excluding hydrogens is 398 g/mol. The zero-order valence-electron chi connectivity index (χ0n) is 16.0. The van der Waals surface area contributed by atoms with Gasteiger partial charge < -0.3 is 5.32 Å². The molecule has 4 rings (SSSR count). The van der Waals surface area contributed by atoms with Gasteiger partial charge in [0.05, 0.1) is 10.6 Å². The number of carbonyl (C=O) groups excluding carboxylic acids is 1. The van der Waals surface area contributed by atoms with Crippen molar-refractivity contribution in [1.29, 1.82) is 0 Å². The largest absolute Gasteiger partial charge is 0.322 e. The van der Waals surface area contributed by atoms with Gasteiger partial charge in [0.1, 0.15) is 5.01 Å². The van der Waals surface area contributed by atoms with E-state index in [1.165, 1.54) is 12.1 Å². The van der Waals surface area contributed by atoms with Crippen molar-refractivity contribution >= 4 is 28.6 Å². The van der Waals surface area contributed by atoms with Crippen LogP contribution in [0.3, 0.4) is 0 Å². The third-order valence-electron chi connectivity index (χ3n) is 4.69. The lowest BCUT2D eigenvalue weighted by Gasteiger charge is -2.09. The first kappa shape index (κ1) is 19.5. The van der Waals surface area contributed by atoms with Crippen LogP contribution >= 0.6 is 11.3 Å². The molecule has 0 aliphatic heterocycles. The topological polar surface area (TPSA) is 85.1 Å². The quantitative estimate of drug-likeness (QED) is 0.323. The molecule has 1 aromatic heterocycles. The number of anilines is 1. The molecule has 1 amide bonds. The lowest BCUT2D eigenvalue weighted by molar-refractivity contribution is -0.385. The summed E-state index contributed by atoms with van der Waals surface area (Å²) in [6.45, 7) is 1.57. The fraction of sp³-hybridized carbons (Fsp3) is 0.0435. The summed E-state index contributed by atoms with van der Waals surface area (Å²) in [5.74, 6) is -0.392. The Morgan fingerprint density at radius 3 is 2.50 bits per heavy atom. The number of hydrogen-bond acceptors (Lipinski definition) is 5. The van der Waals surface area contributed by atoms with E-state index in [1.807, 2.05) is 53.9 Å². The van der Waals surface area contributed by atoms with Crippen molar-refractivity contribution in [2.45, 2.75) is 6.92 Å². The van der Waals surface area contributed by atoms with Gasteiger partial charge in [-0.05, 0) is 25.1 Å². The third kappa shape index (κ3) is 3.97. The molecule has 7 heteroatoms. The number of hydrogen-bond donors (Lipinski definition) is 1. The number of nitro benzene ring substituents is 1. The molecule has 148 valence electrons. The molecule has 0 aliphatic carbocycles. The zero-order chi connectivity index (χ0) is 21.1. The fourth-order valence-corrected chi connectivity index (χ4v) is 3.98. The van der Waals surface area contributed by atoms with Crippen LogP contribution in [0.2, 0.25) is 0 Å². The highest BCUT2D eigenvalue weighted by Gasteiger charge is 2.18. The summed E-state index contributed by atoms with van der Waals surface area (Å²) < 4.78 is 0. The predicted octanol–water partition coefficient (Wildman–Crippen LogP) is 5.95. The summed E-state index contributed by atoms with van der Waals surface area (Å²) >= 11 is 1.56. The van der Waals surface area contributed by atoms with Crippen molar-refractivity contribution in [2.24, 2.45) is 0 Å². The summed E-state index contributed by atoms with van der Waals surface area (Å²) in [4.78, 5) is 28.0. The molecule has 0 spiro atoms. The highest BCUT2D eigenvalue weighted by atomic mass is 32.1. The van der Waals surface area contributed by atoms with Gasteiger partial charge >= 0.3 is 0 Å². The van der Waals surface area contributed by atoms with Crippen molar-refractivity contribution in [3.05, 3.63) is 99.4 Å². The number of aromatic nitrogens is 1. The van der Waals surface area contributed by atoms with Crippen LogP contribution in [0.4, 0.5) is 11.4 Å². The Hall–Kier alpha value is -3.84. The van der Waals surface area contributed by atoms with Crippen molar-refractivity contribution in [3.63, 3.8) is 0 Å². The van der Waals surface area contributed by atoms with Gasteiger partial charge in [-0.15, -0.1) is 11.3 Å². The standard InChI is InChI=1S/C23H17N3O3S/c1-15-19(11-6-12-21(15)26(28)29)22(27)24-18-10-5-9-17(13-18)20-14-30-23(25-20)16-7-3-2-4-8-16/h2-14H,1H3,(H,24,27). The zero-order valence-corrected chi connectivity index (χ0v) is 16.8. The summed E-state index contributed by atoms with van der Waals surface area (Å²) in [6.07, 6.45) is 0. The van der Waals surface area contributed by atoms with Crippen molar-refractivity contribution in [2.75, 3.05) is 5.32 Å². The van der Waals surface area contributed by atoms with E-state index >= 15 is 0 Å². The Morgan fingerprint density at radius 2 is 1.73 bits per heavy atom. The second-order valence-electron chi connectivity index (χ2n) is 6.65. The minimum Gasteiger partial charge on any atom is -0.322 e. The maximum atomic E-state index is 12.7. The molecule has 0 radical (unpaired) electrons. The number of nitrogens with one attached hydrogen (secondary N) is 1. The van der Waals surface area contributed by atoms with Gasteiger partial charge in [0.15, 0.2) is 0 Å². The summed E-state index contributed by atoms with van der Waals surface area (Å²) in [6, 6.07) is 21.8. The fourth-order valence-electron chi connectivity index (χ4n) is 3.14. The monoisotopic (exact) mass is 415 g/mol. The van der Waals surface area contributed by atoms with Crippen LogP contribution in [0.15, 0.2) is 78.2 Å². The van der Waals surface area contributed by atoms with Crippen LogP contribution in [0.5, 0.6) is 0 Å². The maximum Gasteiger partial charge on any atom is 0.273 e. The molecule has 0 saturated heterocycles. The average molecular weight is 415 g/mol. The summed E-state index contributed by atoms with van der Waals surface area (Å²) in [7, 11) is 0. The SMILES string of the molecule is Cc1c(C(=O)Nc2cccc(-c3csc(-c4ccccc4)n3)c2)cccc1[N+](=O)[O-]. The number of rotatable bonds is 5. The molecule has 0 fully saturated rings. The summed E-state index contributed by atoms with van der Waals surface area (Å²) in [5.41, 5.74) is 3.88. The van der Waals surface area contributed by atoms with Gasteiger partial charge in [0.2, 0.25) is 0 Å². The van der Waals surface area contributed by atoms with Crippen molar-refractivity contribution in [1.82, 2.24) is 4.98 Å². The van der Waals surface area contributed by atoms with E-state index in [9.17, 15) is 14.9 Å². The van der Waals surface area contributed by atoms with Gasteiger partial charge in [-0.3, -0.25) is 14.9 Å². The second kappa shape index (κ2) is 8.26. The molecule has 0 bridgehead atoms. The Bertz CT molecular complexity index is 1240. The number of nitrogens with zero attached hydrogens (tertiary/aromatic N) is 2. The third-order valence-corrected chi connectivity index (χ3v) is 5.58. The molecule has 30 heavy (non-hydrogen) atoms. The van der Waals surface area contributed by atoms with Gasteiger partial charge in [-0.1, -0.05) is 48.5 Å². The predicted molar refractivity (Wildman–Crippen MR) is 119 cm³/mol. The molecule has 0 saturated carbocycles. The number of nitro groups is 1. The molecule has 1 heterocycles. The number of thiazole rings is 1. The molecule has 1 N–H and O–H groups in total. The first-order valence-electron chi connectivity index (χ1n) is 9.19. The van der Waals surface area contributed by atoms with Crippen LogP contribution in [0.25, 0.3) is 21.8 Å². The first-order valence-corrected chi connectivity index (χ1v) is 10.1. The van der Waals surface area contributed by atoms with Crippen LogP contribution in [-0.4, -0.2) is 15.8 Å². The van der Waals surface area contributed by atoms with Gasteiger partial charge in [-0.25, -0.2) is 4.98 Å². The number of benzene rings is 3. The highest BCUT2D eigenvalue weighted by Crippen LogP contribution is 2.30. The Balaban J connectivity index is 1.58. The highest BCUT2D eigenvalue weighted by molar-refractivity contribution is 7.13. The van der Waals surface area contributed by atoms with Crippen molar-refractivity contribution < 1.29 is 9.72 Å². The number of amides is 1. The normalized spacial score (nSPS) is 10.6. The van der Waals surface area contributed by atoms with E-state index in [1.54, 1.807) is 30.4 Å². The van der Waals surface area contributed by atoms with E-state index in [4.69, 9.17) is 4.98 Å². The smallest absolute Gasteiger partial charge is 0.273 e. The van der Waals surface area contributed by atoms with E-state index in [2.05, 4.69) is 5.32 Å². The molecule has 3 aromatic carbocycles. The molecule has 0 atom stereocenters. The van der Waals surface area contributed by atoms with E-state index in [-0.39, 0.29) is 11.3 Å². The second-order valence-corrected chi connectivity index (χ2v) is 7.50. The Kier molecular flexibility index (Phi) is 5.36. The summed E-state index contributed by atoms with van der Waals surface area (Å²) in [5, 5.41) is 16.9. The van der Waals surface area contributed by atoms with Gasteiger partial charge in [-0.2, -0.15) is 0 Å². The Labute approximate surface area is 177 Å². The number of carbonyl (C=O) groups is 1. The van der Waals surface area contributed by atoms with Crippen molar-refractivity contribution in [3.8, 4) is 21.8 Å². The Morgan fingerprint density at radius 1 is 1.00 bits per heavy atom. The van der Waals surface area contributed by atoms with Crippen LogP contribution in [0, 0.1) is 17.0 Å². The lowest BCUT2D eigenvalue weighted by Crippen LogP contribution is -2.14.